The molecule has 0 amide bonds. The van der Waals surface area contributed by atoms with Gasteiger partial charge in [0, 0.05) is 24.8 Å². The van der Waals surface area contributed by atoms with Crippen LogP contribution in [-0.2, 0) is 20.7 Å². The van der Waals surface area contributed by atoms with Gasteiger partial charge in [-0.2, -0.15) is 0 Å². The van der Waals surface area contributed by atoms with Crippen LogP contribution in [-0.4, -0.2) is 36.3 Å². The fourth-order valence-electron chi connectivity index (χ4n) is 2.46. The van der Waals surface area contributed by atoms with Crippen LogP contribution in [0.1, 0.15) is 18.7 Å². The number of carbonyl (C=O) groups is 1. The summed E-state index contributed by atoms with van der Waals surface area (Å²) in [6.45, 7) is 0.863. The van der Waals surface area contributed by atoms with Crippen LogP contribution in [0.3, 0.4) is 0 Å². The molecule has 0 atom stereocenters. The second kappa shape index (κ2) is 7.27. The van der Waals surface area contributed by atoms with Crippen molar-refractivity contribution >= 4 is 28.0 Å². The van der Waals surface area contributed by atoms with Gasteiger partial charge >= 0.3 is 5.97 Å². The number of benzene rings is 1. The maximum absolute atomic E-state index is 12.1. The van der Waals surface area contributed by atoms with E-state index in [1.54, 1.807) is 6.07 Å². The molecular formula is C17H18N2O5. The Morgan fingerprint density at radius 2 is 2.12 bits per heavy atom. The lowest BCUT2D eigenvalue weighted by atomic mass is 10.2. The van der Waals surface area contributed by atoms with E-state index in [-0.39, 0.29) is 17.1 Å². The van der Waals surface area contributed by atoms with Crippen LogP contribution < -0.4 is 5.56 Å². The molecule has 0 saturated carbocycles. The van der Waals surface area contributed by atoms with Crippen LogP contribution in [0, 0.1) is 0 Å². The van der Waals surface area contributed by atoms with Gasteiger partial charge in [0.1, 0.15) is 16.9 Å². The number of esters is 1. The van der Waals surface area contributed by atoms with Crippen molar-refractivity contribution in [1.29, 1.82) is 0 Å². The van der Waals surface area contributed by atoms with Gasteiger partial charge in [0.25, 0.3) is 5.56 Å². The van der Waals surface area contributed by atoms with Crippen molar-refractivity contribution in [1.82, 2.24) is 9.97 Å². The number of methoxy groups -OCH3 is 1. The number of hydrogen-bond acceptors (Lipinski definition) is 6. The molecule has 0 aliphatic carbocycles. The SMILES string of the molecule is COC(=O)CCCOCCc1nc2c(oc3ccccc32)c(=O)[nH]1. The molecule has 24 heavy (non-hydrogen) atoms. The van der Waals surface area contributed by atoms with Crippen molar-refractivity contribution in [2.45, 2.75) is 19.3 Å². The zero-order valence-corrected chi connectivity index (χ0v) is 13.3. The molecule has 2 aromatic heterocycles. The summed E-state index contributed by atoms with van der Waals surface area (Å²) >= 11 is 0. The van der Waals surface area contributed by atoms with Gasteiger partial charge in [-0.1, -0.05) is 12.1 Å². The summed E-state index contributed by atoms with van der Waals surface area (Å²) in [7, 11) is 1.36. The van der Waals surface area contributed by atoms with E-state index in [4.69, 9.17) is 9.15 Å². The molecule has 0 aliphatic heterocycles. The summed E-state index contributed by atoms with van der Waals surface area (Å²) in [5, 5.41) is 0.818. The highest BCUT2D eigenvalue weighted by Crippen LogP contribution is 2.24. The second-order valence-corrected chi connectivity index (χ2v) is 5.33. The molecule has 3 aromatic rings. The van der Waals surface area contributed by atoms with Crippen molar-refractivity contribution in [2.75, 3.05) is 20.3 Å². The van der Waals surface area contributed by atoms with E-state index in [1.807, 2.05) is 18.2 Å². The Labute approximate surface area is 137 Å². The first-order valence-corrected chi connectivity index (χ1v) is 7.74. The number of H-pyrrole nitrogens is 1. The molecule has 0 spiro atoms. The van der Waals surface area contributed by atoms with Crippen LogP contribution in [0.4, 0.5) is 0 Å². The maximum atomic E-state index is 12.1. The molecule has 126 valence electrons. The number of rotatable bonds is 7. The lowest BCUT2D eigenvalue weighted by Gasteiger charge is -2.03. The minimum absolute atomic E-state index is 0.235. The van der Waals surface area contributed by atoms with Crippen molar-refractivity contribution in [3.63, 3.8) is 0 Å². The first-order valence-electron chi connectivity index (χ1n) is 7.74. The van der Waals surface area contributed by atoms with E-state index < -0.39 is 0 Å². The topological polar surface area (TPSA) is 94.4 Å². The molecule has 0 saturated heterocycles. The highest BCUT2D eigenvalue weighted by atomic mass is 16.5. The number of hydrogen-bond donors (Lipinski definition) is 1. The smallest absolute Gasteiger partial charge is 0.305 e. The Kier molecular flexibility index (Phi) is 4.90. The monoisotopic (exact) mass is 330 g/mol. The fraction of sp³-hybridized carbons (Fsp3) is 0.353. The predicted octanol–water partition coefficient (Wildman–Crippen LogP) is 2.18. The van der Waals surface area contributed by atoms with Crippen LogP contribution in [0.5, 0.6) is 0 Å². The fourth-order valence-corrected chi connectivity index (χ4v) is 2.46. The molecule has 7 nitrogen and oxygen atoms in total. The highest BCUT2D eigenvalue weighted by Gasteiger charge is 2.12. The zero-order valence-electron chi connectivity index (χ0n) is 13.3. The quantitative estimate of drug-likeness (QED) is 0.527. The molecule has 2 heterocycles. The number of carbonyl (C=O) groups excluding carboxylic acids is 1. The average Bonchev–Trinajstić information content (AvgIpc) is 2.97. The van der Waals surface area contributed by atoms with Gasteiger partial charge in [0.05, 0.1) is 13.7 Å². The third-order valence-electron chi connectivity index (χ3n) is 3.66. The molecule has 0 radical (unpaired) electrons. The maximum Gasteiger partial charge on any atom is 0.305 e. The molecule has 0 bridgehead atoms. The predicted molar refractivity (Wildman–Crippen MR) is 87.9 cm³/mol. The van der Waals surface area contributed by atoms with E-state index in [0.29, 0.717) is 49.4 Å². The highest BCUT2D eigenvalue weighted by molar-refractivity contribution is 6.01. The van der Waals surface area contributed by atoms with Crippen molar-refractivity contribution < 1.29 is 18.7 Å². The zero-order chi connectivity index (χ0) is 16.9. The van der Waals surface area contributed by atoms with E-state index in [2.05, 4.69) is 14.7 Å². The molecule has 3 rings (SSSR count). The number of para-hydroxylation sites is 1. The minimum atomic E-state index is -0.295. The third-order valence-corrected chi connectivity index (χ3v) is 3.66. The first-order chi connectivity index (χ1) is 11.7. The molecule has 0 fully saturated rings. The molecule has 0 unspecified atom stereocenters. The second-order valence-electron chi connectivity index (χ2n) is 5.33. The Hall–Kier alpha value is -2.67. The summed E-state index contributed by atoms with van der Waals surface area (Å²) in [4.78, 5) is 30.3. The van der Waals surface area contributed by atoms with Crippen molar-refractivity contribution in [2.24, 2.45) is 0 Å². The van der Waals surface area contributed by atoms with Crippen LogP contribution in [0.25, 0.3) is 22.1 Å². The lowest BCUT2D eigenvalue weighted by molar-refractivity contribution is -0.141. The number of nitrogens with zero attached hydrogens (tertiary/aromatic N) is 1. The van der Waals surface area contributed by atoms with Crippen LogP contribution >= 0.6 is 0 Å². The Bertz CT molecular complexity index is 912. The van der Waals surface area contributed by atoms with E-state index in [1.165, 1.54) is 7.11 Å². The lowest BCUT2D eigenvalue weighted by Crippen LogP contribution is -2.13. The number of aromatic nitrogens is 2. The summed E-state index contributed by atoms with van der Waals surface area (Å²) in [5.74, 6) is 0.300. The van der Waals surface area contributed by atoms with Crippen LogP contribution in [0.2, 0.25) is 0 Å². The molecule has 1 aromatic carbocycles. The van der Waals surface area contributed by atoms with Gasteiger partial charge in [0.2, 0.25) is 5.58 Å². The number of ether oxygens (including phenoxy) is 2. The van der Waals surface area contributed by atoms with Gasteiger partial charge < -0.3 is 18.9 Å². The molecule has 0 aliphatic rings. The van der Waals surface area contributed by atoms with Crippen LogP contribution in [0.15, 0.2) is 33.5 Å². The number of furan rings is 1. The van der Waals surface area contributed by atoms with E-state index >= 15 is 0 Å². The number of aromatic amines is 1. The molecule has 7 heteroatoms. The summed E-state index contributed by atoms with van der Waals surface area (Å²) in [6, 6.07) is 7.41. The van der Waals surface area contributed by atoms with Gasteiger partial charge in [-0.15, -0.1) is 0 Å². The Balaban J connectivity index is 1.64. The van der Waals surface area contributed by atoms with Gasteiger partial charge in [0.15, 0.2) is 0 Å². The first kappa shape index (κ1) is 16.2. The molecular weight excluding hydrogens is 312 g/mol. The van der Waals surface area contributed by atoms with E-state index in [9.17, 15) is 9.59 Å². The van der Waals surface area contributed by atoms with E-state index in [0.717, 1.165) is 5.39 Å². The van der Waals surface area contributed by atoms with Gasteiger partial charge in [-0.25, -0.2) is 4.98 Å². The number of fused-ring (bicyclic) bond motifs is 3. The Morgan fingerprint density at radius 1 is 1.29 bits per heavy atom. The minimum Gasteiger partial charge on any atom is -0.469 e. The third kappa shape index (κ3) is 3.46. The summed E-state index contributed by atoms with van der Waals surface area (Å²) < 4.78 is 15.6. The van der Waals surface area contributed by atoms with Crippen molar-refractivity contribution in [3.05, 3.63) is 40.4 Å². The largest absolute Gasteiger partial charge is 0.469 e. The Morgan fingerprint density at radius 3 is 2.96 bits per heavy atom. The average molecular weight is 330 g/mol. The number of nitrogens with one attached hydrogen (secondary N) is 1. The summed E-state index contributed by atoms with van der Waals surface area (Å²) in [5.41, 5.74) is 1.15. The summed E-state index contributed by atoms with van der Waals surface area (Å²) in [6.07, 6.45) is 1.41. The van der Waals surface area contributed by atoms with Gasteiger partial charge in [-0.05, 0) is 18.6 Å². The normalized spacial score (nSPS) is 11.2. The van der Waals surface area contributed by atoms with Gasteiger partial charge in [-0.3, -0.25) is 9.59 Å². The standard InChI is InChI=1S/C17H18N2O5/c1-22-14(20)7-4-9-23-10-8-13-18-15-11-5-2-3-6-12(11)24-16(15)17(21)19-13/h2-3,5-6H,4,7-10H2,1H3,(H,18,19,21). The molecule has 1 N–H and O–H groups in total. The van der Waals surface area contributed by atoms with Crippen molar-refractivity contribution in [3.8, 4) is 0 Å².